The van der Waals surface area contributed by atoms with Crippen LogP contribution in [0.4, 0.5) is 0 Å². The van der Waals surface area contributed by atoms with E-state index in [1.165, 1.54) is 5.52 Å². The smallest absolute Gasteiger partial charge is 0.271 e. The average molecular weight is 391 g/mol. The molecule has 4 rings (SSSR count). The minimum Gasteiger partial charge on any atom is -0.463 e. The molecule has 7 heteroatoms. The lowest BCUT2D eigenvalue weighted by Crippen LogP contribution is -2.25. The molecule has 3 heterocycles. The normalized spacial score (nSPS) is 11.4. The summed E-state index contributed by atoms with van der Waals surface area (Å²) in [7, 11) is 0. The first kappa shape index (κ1) is 19.0. The van der Waals surface area contributed by atoms with Crippen LogP contribution in [-0.4, -0.2) is 32.2 Å². The summed E-state index contributed by atoms with van der Waals surface area (Å²) in [6.45, 7) is 5.91. The van der Waals surface area contributed by atoms with E-state index in [1.54, 1.807) is 18.4 Å². The summed E-state index contributed by atoms with van der Waals surface area (Å²) in [5.41, 5.74) is 3.22. The van der Waals surface area contributed by atoms with Crippen molar-refractivity contribution < 1.29 is 9.21 Å². The maximum Gasteiger partial charge on any atom is 0.271 e. The van der Waals surface area contributed by atoms with Gasteiger partial charge in [-0.05, 0) is 36.6 Å². The molecule has 4 aromatic rings. The Balaban J connectivity index is 1.35. The molecule has 1 amide bonds. The van der Waals surface area contributed by atoms with E-state index in [0.29, 0.717) is 29.6 Å². The van der Waals surface area contributed by atoms with E-state index in [9.17, 15) is 4.79 Å². The SMILES string of the molecule is CC(C)Cn1c(CCCNC(=O)c2cc(-c3ccco3)[nH]n2)nc2ccccc21. The highest BCUT2D eigenvalue weighted by atomic mass is 16.3. The lowest BCUT2D eigenvalue weighted by atomic mass is 10.2. The number of H-pyrrole nitrogens is 1. The number of hydrogen-bond acceptors (Lipinski definition) is 4. The third-order valence-electron chi connectivity index (χ3n) is 4.74. The number of hydrogen-bond donors (Lipinski definition) is 2. The highest BCUT2D eigenvalue weighted by Gasteiger charge is 2.14. The van der Waals surface area contributed by atoms with Crippen LogP contribution in [0.2, 0.25) is 0 Å². The van der Waals surface area contributed by atoms with Crippen LogP contribution in [0, 0.1) is 5.92 Å². The second-order valence-electron chi connectivity index (χ2n) is 7.52. The predicted octanol–water partition coefficient (Wildman–Crippen LogP) is 4.04. The van der Waals surface area contributed by atoms with Gasteiger partial charge in [-0.1, -0.05) is 26.0 Å². The number of para-hydroxylation sites is 2. The van der Waals surface area contributed by atoms with Crippen molar-refractivity contribution in [2.75, 3.05) is 6.54 Å². The molecule has 0 spiro atoms. The highest BCUT2D eigenvalue weighted by molar-refractivity contribution is 5.93. The van der Waals surface area contributed by atoms with Gasteiger partial charge in [-0.15, -0.1) is 0 Å². The molecule has 0 aliphatic rings. The molecule has 2 N–H and O–H groups in total. The monoisotopic (exact) mass is 391 g/mol. The number of carbonyl (C=O) groups is 1. The Morgan fingerprint density at radius 2 is 2.10 bits per heavy atom. The van der Waals surface area contributed by atoms with Gasteiger partial charge in [0, 0.05) is 25.6 Å². The Morgan fingerprint density at radius 3 is 2.90 bits per heavy atom. The number of aromatic amines is 1. The minimum atomic E-state index is -0.199. The second kappa shape index (κ2) is 8.34. The zero-order valence-electron chi connectivity index (χ0n) is 16.7. The summed E-state index contributed by atoms with van der Waals surface area (Å²) >= 11 is 0. The van der Waals surface area contributed by atoms with Crippen molar-refractivity contribution in [3.8, 4) is 11.5 Å². The first-order valence-electron chi connectivity index (χ1n) is 9.93. The average Bonchev–Trinajstić information content (AvgIpc) is 3.45. The van der Waals surface area contributed by atoms with Crippen LogP contribution in [0.15, 0.2) is 53.1 Å². The van der Waals surface area contributed by atoms with Gasteiger partial charge in [-0.3, -0.25) is 9.89 Å². The zero-order valence-corrected chi connectivity index (χ0v) is 16.7. The summed E-state index contributed by atoms with van der Waals surface area (Å²) in [5.74, 6) is 2.05. The van der Waals surface area contributed by atoms with Crippen LogP contribution in [0.5, 0.6) is 0 Å². The Hall–Kier alpha value is -3.35. The molecule has 0 aliphatic heterocycles. The fourth-order valence-electron chi connectivity index (χ4n) is 3.42. The molecule has 7 nitrogen and oxygen atoms in total. The third-order valence-corrected chi connectivity index (χ3v) is 4.74. The van der Waals surface area contributed by atoms with Crippen molar-refractivity contribution >= 4 is 16.9 Å². The van der Waals surface area contributed by atoms with Crippen LogP contribution in [0.1, 0.15) is 36.6 Å². The summed E-state index contributed by atoms with van der Waals surface area (Å²) in [6.07, 6.45) is 3.20. The number of imidazole rings is 1. The summed E-state index contributed by atoms with van der Waals surface area (Å²) in [5, 5.41) is 9.83. The number of aromatic nitrogens is 4. The molecular weight excluding hydrogens is 366 g/mol. The van der Waals surface area contributed by atoms with Crippen molar-refractivity contribution in [1.29, 1.82) is 0 Å². The van der Waals surface area contributed by atoms with E-state index in [4.69, 9.17) is 9.40 Å². The summed E-state index contributed by atoms with van der Waals surface area (Å²) in [4.78, 5) is 17.1. The van der Waals surface area contributed by atoms with Crippen LogP contribution in [-0.2, 0) is 13.0 Å². The van der Waals surface area contributed by atoms with Gasteiger partial charge >= 0.3 is 0 Å². The quantitative estimate of drug-likeness (QED) is 0.444. The second-order valence-corrected chi connectivity index (χ2v) is 7.52. The van der Waals surface area contributed by atoms with E-state index >= 15 is 0 Å². The molecule has 0 aliphatic carbocycles. The van der Waals surface area contributed by atoms with E-state index in [2.05, 4.69) is 40.0 Å². The Bertz CT molecular complexity index is 1090. The molecule has 0 atom stereocenters. The lowest BCUT2D eigenvalue weighted by Gasteiger charge is -2.12. The summed E-state index contributed by atoms with van der Waals surface area (Å²) < 4.78 is 7.61. The molecule has 0 bridgehead atoms. The number of benzene rings is 1. The summed E-state index contributed by atoms with van der Waals surface area (Å²) in [6, 6.07) is 13.5. The topological polar surface area (TPSA) is 88.7 Å². The van der Waals surface area contributed by atoms with Crippen molar-refractivity contribution in [3.05, 3.63) is 60.2 Å². The van der Waals surface area contributed by atoms with Gasteiger partial charge in [0.25, 0.3) is 5.91 Å². The van der Waals surface area contributed by atoms with Crippen molar-refractivity contribution in [3.63, 3.8) is 0 Å². The Labute approximate surface area is 169 Å². The van der Waals surface area contributed by atoms with Gasteiger partial charge in [0.2, 0.25) is 0 Å². The standard InChI is InChI=1S/C22H25N5O2/c1-15(2)14-27-19-8-4-3-7-16(19)24-21(27)10-5-11-23-22(28)18-13-17(25-26-18)20-9-6-12-29-20/h3-4,6-9,12-13,15H,5,10-11,14H2,1-2H3,(H,23,28)(H,25,26). The molecule has 1 aromatic carbocycles. The van der Waals surface area contributed by atoms with Crippen LogP contribution in [0.25, 0.3) is 22.5 Å². The maximum atomic E-state index is 12.3. The molecule has 0 radical (unpaired) electrons. The predicted molar refractivity (Wildman–Crippen MR) is 112 cm³/mol. The Morgan fingerprint density at radius 1 is 1.24 bits per heavy atom. The van der Waals surface area contributed by atoms with Crippen LogP contribution < -0.4 is 5.32 Å². The highest BCUT2D eigenvalue weighted by Crippen LogP contribution is 2.19. The lowest BCUT2D eigenvalue weighted by molar-refractivity contribution is 0.0948. The van der Waals surface area contributed by atoms with Crippen molar-refractivity contribution in [2.24, 2.45) is 5.92 Å². The number of rotatable bonds is 8. The fourth-order valence-corrected chi connectivity index (χ4v) is 3.42. The number of nitrogens with zero attached hydrogens (tertiary/aromatic N) is 3. The number of nitrogens with one attached hydrogen (secondary N) is 2. The van der Waals surface area contributed by atoms with E-state index in [-0.39, 0.29) is 5.91 Å². The first-order valence-corrected chi connectivity index (χ1v) is 9.93. The number of fused-ring (bicyclic) bond motifs is 1. The molecular formula is C22H25N5O2. The zero-order chi connectivity index (χ0) is 20.2. The molecule has 0 saturated heterocycles. The largest absolute Gasteiger partial charge is 0.463 e. The first-order chi connectivity index (χ1) is 14.1. The number of amides is 1. The van der Waals surface area contributed by atoms with E-state index in [1.807, 2.05) is 24.3 Å². The van der Waals surface area contributed by atoms with Crippen molar-refractivity contribution in [1.82, 2.24) is 25.1 Å². The number of carbonyl (C=O) groups excluding carboxylic acids is 1. The molecule has 0 saturated carbocycles. The van der Waals surface area contributed by atoms with Crippen LogP contribution in [0.3, 0.4) is 0 Å². The fraction of sp³-hybridized carbons (Fsp3) is 0.318. The van der Waals surface area contributed by atoms with E-state index < -0.39 is 0 Å². The van der Waals surface area contributed by atoms with Gasteiger partial charge in [-0.25, -0.2) is 4.98 Å². The number of furan rings is 1. The maximum absolute atomic E-state index is 12.3. The third kappa shape index (κ3) is 4.23. The van der Waals surface area contributed by atoms with Gasteiger partial charge in [0.15, 0.2) is 11.5 Å². The van der Waals surface area contributed by atoms with Gasteiger partial charge < -0.3 is 14.3 Å². The van der Waals surface area contributed by atoms with Gasteiger partial charge in [-0.2, -0.15) is 5.10 Å². The van der Waals surface area contributed by atoms with Gasteiger partial charge in [0.1, 0.15) is 11.5 Å². The molecule has 29 heavy (non-hydrogen) atoms. The molecule has 3 aromatic heterocycles. The minimum absolute atomic E-state index is 0.199. The van der Waals surface area contributed by atoms with Gasteiger partial charge in [0.05, 0.1) is 17.3 Å². The van der Waals surface area contributed by atoms with E-state index in [0.717, 1.165) is 30.7 Å². The Kier molecular flexibility index (Phi) is 5.46. The molecule has 0 unspecified atom stereocenters. The number of aryl methyl sites for hydroxylation is 1. The van der Waals surface area contributed by atoms with Crippen LogP contribution >= 0.6 is 0 Å². The molecule has 150 valence electrons. The molecule has 0 fully saturated rings. The van der Waals surface area contributed by atoms with Crippen molar-refractivity contribution in [2.45, 2.75) is 33.2 Å².